The number of hydrogen-bond donors (Lipinski definition) is 1. The van der Waals surface area contributed by atoms with E-state index in [-0.39, 0.29) is 0 Å². The fourth-order valence-corrected chi connectivity index (χ4v) is 3.59. The Kier molecular flexibility index (Phi) is 3.06. The van der Waals surface area contributed by atoms with Crippen LogP contribution in [0.15, 0.2) is 22.7 Å². The molecule has 0 bridgehead atoms. The zero-order chi connectivity index (χ0) is 12.5. The van der Waals surface area contributed by atoms with Crippen LogP contribution in [0.5, 0.6) is 0 Å². The monoisotopic (exact) mass is 319 g/mol. The molecule has 0 saturated carbocycles. The molecule has 18 heavy (non-hydrogen) atoms. The number of benzene rings is 1. The molecular formula is C13H10BrN3S. The van der Waals surface area contributed by atoms with E-state index in [9.17, 15) is 0 Å². The molecule has 0 saturated heterocycles. The van der Waals surface area contributed by atoms with Crippen LogP contribution in [0.1, 0.15) is 22.6 Å². The molecule has 0 spiro atoms. The van der Waals surface area contributed by atoms with Gasteiger partial charge in [0.15, 0.2) is 5.13 Å². The number of aromatic nitrogens is 1. The molecule has 1 aromatic heterocycles. The smallest absolute Gasteiger partial charge is 0.187 e. The summed E-state index contributed by atoms with van der Waals surface area (Å²) in [6, 6.07) is 7.63. The van der Waals surface area contributed by atoms with Crippen molar-refractivity contribution in [2.45, 2.75) is 19.3 Å². The summed E-state index contributed by atoms with van der Waals surface area (Å²) in [5, 5.41) is 13.1. The van der Waals surface area contributed by atoms with Crippen LogP contribution >= 0.6 is 27.3 Å². The Morgan fingerprint density at radius 1 is 1.39 bits per heavy atom. The van der Waals surface area contributed by atoms with Crippen LogP contribution in [0, 0.1) is 11.3 Å². The highest BCUT2D eigenvalue weighted by Crippen LogP contribution is 2.34. The number of hydrogen-bond acceptors (Lipinski definition) is 4. The number of aryl methyl sites for hydroxylation is 2. The van der Waals surface area contributed by atoms with Gasteiger partial charge < -0.3 is 5.32 Å². The first kappa shape index (κ1) is 11.7. The van der Waals surface area contributed by atoms with Gasteiger partial charge in [0.1, 0.15) is 0 Å². The van der Waals surface area contributed by atoms with Crippen LogP contribution in [0.3, 0.4) is 0 Å². The third-order valence-corrected chi connectivity index (χ3v) is 4.66. The Bertz CT molecular complexity index is 621. The van der Waals surface area contributed by atoms with E-state index < -0.39 is 0 Å². The highest BCUT2D eigenvalue weighted by molar-refractivity contribution is 9.10. The molecule has 90 valence electrons. The highest BCUT2D eigenvalue weighted by Gasteiger charge is 2.17. The Balaban J connectivity index is 1.86. The van der Waals surface area contributed by atoms with Gasteiger partial charge in [-0.15, -0.1) is 11.3 Å². The summed E-state index contributed by atoms with van der Waals surface area (Å²) in [6.45, 7) is 0. The van der Waals surface area contributed by atoms with E-state index in [1.165, 1.54) is 17.0 Å². The summed E-state index contributed by atoms with van der Waals surface area (Å²) in [4.78, 5) is 6.00. The molecule has 5 heteroatoms. The molecule has 0 fully saturated rings. The molecule has 0 amide bonds. The van der Waals surface area contributed by atoms with Crippen molar-refractivity contribution < 1.29 is 0 Å². The number of fused-ring (bicyclic) bond motifs is 1. The Labute approximate surface area is 118 Å². The maximum Gasteiger partial charge on any atom is 0.187 e. The molecule has 0 atom stereocenters. The van der Waals surface area contributed by atoms with Gasteiger partial charge in [-0.3, -0.25) is 0 Å². The minimum Gasteiger partial charge on any atom is -0.331 e. The summed E-state index contributed by atoms with van der Waals surface area (Å²) in [7, 11) is 0. The van der Waals surface area contributed by atoms with Crippen molar-refractivity contribution in [3.8, 4) is 6.07 Å². The Hall–Kier alpha value is -1.38. The number of halogens is 1. The van der Waals surface area contributed by atoms with Crippen LogP contribution in [0.2, 0.25) is 0 Å². The molecular weight excluding hydrogens is 310 g/mol. The third kappa shape index (κ3) is 2.14. The lowest BCUT2D eigenvalue weighted by Crippen LogP contribution is -1.92. The zero-order valence-electron chi connectivity index (χ0n) is 9.53. The van der Waals surface area contributed by atoms with Gasteiger partial charge in [-0.2, -0.15) is 5.26 Å². The molecule has 1 heterocycles. The lowest BCUT2D eigenvalue weighted by Gasteiger charge is -2.05. The van der Waals surface area contributed by atoms with Crippen molar-refractivity contribution in [1.82, 2.24) is 4.98 Å². The predicted octanol–water partition coefficient (Wildman–Crippen LogP) is 4.01. The topological polar surface area (TPSA) is 48.7 Å². The second-order valence-corrected chi connectivity index (χ2v) is 6.11. The minimum absolute atomic E-state index is 0.647. The van der Waals surface area contributed by atoms with Gasteiger partial charge in [0.2, 0.25) is 0 Å². The molecule has 3 rings (SSSR count). The number of thiazole rings is 1. The number of nitrogens with zero attached hydrogens (tertiary/aromatic N) is 2. The summed E-state index contributed by atoms with van der Waals surface area (Å²) in [6.07, 6.45) is 3.49. The normalized spacial score (nSPS) is 13.1. The van der Waals surface area contributed by atoms with Crippen LogP contribution < -0.4 is 5.32 Å². The standard InChI is InChI=1S/C13H10BrN3S/c14-9-6-8(7-15)4-5-10(9)16-13-17-11-2-1-3-12(11)18-13/h4-6H,1-3H2,(H,16,17). The number of nitriles is 1. The average Bonchev–Trinajstić information content (AvgIpc) is 2.92. The molecule has 3 nitrogen and oxygen atoms in total. The molecule has 1 aliphatic rings. The summed E-state index contributed by atoms with van der Waals surface area (Å²) in [5.41, 5.74) is 2.84. The molecule has 0 unspecified atom stereocenters. The van der Waals surface area contributed by atoms with E-state index in [1.807, 2.05) is 12.1 Å². The van der Waals surface area contributed by atoms with Gasteiger partial charge in [-0.1, -0.05) is 0 Å². The predicted molar refractivity (Wildman–Crippen MR) is 76.3 cm³/mol. The minimum atomic E-state index is 0.647. The van der Waals surface area contributed by atoms with Crippen molar-refractivity contribution in [3.63, 3.8) is 0 Å². The molecule has 1 aromatic carbocycles. The molecule has 0 radical (unpaired) electrons. The van der Waals surface area contributed by atoms with Gasteiger partial charge in [0, 0.05) is 9.35 Å². The first-order chi connectivity index (χ1) is 8.76. The molecule has 1 N–H and O–H groups in total. The second-order valence-electron chi connectivity index (χ2n) is 4.17. The van der Waals surface area contributed by atoms with Gasteiger partial charge >= 0.3 is 0 Å². The molecule has 1 aliphatic carbocycles. The second kappa shape index (κ2) is 4.71. The SMILES string of the molecule is N#Cc1ccc(Nc2nc3c(s2)CCC3)c(Br)c1. The third-order valence-electron chi connectivity index (χ3n) is 2.94. The van der Waals surface area contributed by atoms with Gasteiger partial charge in [0.25, 0.3) is 0 Å². The highest BCUT2D eigenvalue weighted by atomic mass is 79.9. The van der Waals surface area contributed by atoms with E-state index in [1.54, 1.807) is 17.4 Å². The number of rotatable bonds is 2. The maximum atomic E-state index is 8.82. The first-order valence-corrected chi connectivity index (χ1v) is 7.32. The van der Waals surface area contributed by atoms with Crippen LogP contribution in [-0.2, 0) is 12.8 Å². The van der Waals surface area contributed by atoms with E-state index in [0.29, 0.717) is 5.56 Å². The summed E-state index contributed by atoms with van der Waals surface area (Å²) in [5.74, 6) is 0. The molecule has 0 aliphatic heterocycles. The summed E-state index contributed by atoms with van der Waals surface area (Å²) >= 11 is 5.19. The van der Waals surface area contributed by atoms with Crippen molar-refractivity contribution in [2.75, 3.05) is 5.32 Å². The van der Waals surface area contributed by atoms with Crippen molar-refractivity contribution in [3.05, 3.63) is 38.8 Å². The largest absolute Gasteiger partial charge is 0.331 e. The first-order valence-electron chi connectivity index (χ1n) is 5.71. The van der Waals surface area contributed by atoms with E-state index in [4.69, 9.17) is 5.26 Å². The van der Waals surface area contributed by atoms with Crippen LogP contribution in [0.25, 0.3) is 0 Å². The van der Waals surface area contributed by atoms with E-state index >= 15 is 0 Å². The van der Waals surface area contributed by atoms with Crippen molar-refractivity contribution in [2.24, 2.45) is 0 Å². The molecule has 2 aromatic rings. The lowest BCUT2D eigenvalue weighted by molar-refractivity contribution is 0.900. The summed E-state index contributed by atoms with van der Waals surface area (Å²) < 4.78 is 0.886. The fraction of sp³-hybridized carbons (Fsp3) is 0.231. The number of anilines is 2. The lowest BCUT2D eigenvalue weighted by atomic mass is 10.2. The van der Waals surface area contributed by atoms with Crippen LogP contribution in [0.4, 0.5) is 10.8 Å². The quantitative estimate of drug-likeness (QED) is 0.909. The number of nitrogens with one attached hydrogen (secondary N) is 1. The van der Waals surface area contributed by atoms with Gasteiger partial charge in [-0.25, -0.2) is 4.98 Å². The van der Waals surface area contributed by atoms with Gasteiger partial charge in [-0.05, 0) is 53.4 Å². The van der Waals surface area contributed by atoms with Crippen molar-refractivity contribution in [1.29, 1.82) is 5.26 Å². The van der Waals surface area contributed by atoms with Crippen molar-refractivity contribution >= 4 is 38.1 Å². The Morgan fingerprint density at radius 2 is 2.28 bits per heavy atom. The maximum absolute atomic E-state index is 8.82. The average molecular weight is 320 g/mol. The van der Waals surface area contributed by atoms with E-state index in [0.717, 1.165) is 28.1 Å². The fourth-order valence-electron chi connectivity index (χ4n) is 2.05. The Morgan fingerprint density at radius 3 is 3.00 bits per heavy atom. The van der Waals surface area contributed by atoms with E-state index in [2.05, 4.69) is 32.3 Å². The zero-order valence-corrected chi connectivity index (χ0v) is 11.9. The van der Waals surface area contributed by atoms with Crippen LogP contribution in [-0.4, -0.2) is 4.98 Å². The van der Waals surface area contributed by atoms with Gasteiger partial charge in [0.05, 0.1) is 23.0 Å².